The van der Waals surface area contributed by atoms with E-state index in [1.807, 2.05) is 6.07 Å². The van der Waals surface area contributed by atoms with Crippen molar-refractivity contribution in [3.8, 4) is 11.5 Å². The Morgan fingerprint density at radius 3 is 2.81 bits per heavy atom. The normalized spacial score (nSPS) is 12.8. The molecule has 0 bridgehead atoms. The molecule has 0 saturated carbocycles. The van der Waals surface area contributed by atoms with Crippen molar-refractivity contribution in [1.29, 1.82) is 0 Å². The van der Waals surface area contributed by atoms with Gasteiger partial charge in [-0.3, -0.25) is 0 Å². The fourth-order valence-electron chi connectivity index (χ4n) is 3.02. The maximum Gasteiger partial charge on any atom is 0.347 e. The van der Waals surface area contributed by atoms with Gasteiger partial charge in [0.1, 0.15) is 12.2 Å². The molecule has 0 amide bonds. The van der Waals surface area contributed by atoms with Gasteiger partial charge >= 0.3 is 11.6 Å². The van der Waals surface area contributed by atoms with E-state index in [1.54, 1.807) is 38.1 Å². The van der Waals surface area contributed by atoms with Crippen LogP contribution >= 0.6 is 11.6 Å². The van der Waals surface area contributed by atoms with Crippen LogP contribution in [0.2, 0.25) is 5.02 Å². The fourth-order valence-corrected chi connectivity index (χ4v) is 3.19. The van der Waals surface area contributed by atoms with Crippen LogP contribution in [0.5, 0.6) is 11.5 Å². The summed E-state index contributed by atoms with van der Waals surface area (Å²) < 4.78 is 21.0. The summed E-state index contributed by atoms with van der Waals surface area (Å²) in [6.45, 7) is 3.21. The van der Waals surface area contributed by atoms with Gasteiger partial charge in [0.15, 0.2) is 11.5 Å². The van der Waals surface area contributed by atoms with Crippen molar-refractivity contribution in [3.63, 3.8) is 0 Å². The summed E-state index contributed by atoms with van der Waals surface area (Å²) in [7, 11) is 0. The number of hydrogen-bond acceptors (Lipinski definition) is 8. The third-order valence-corrected chi connectivity index (χ3v) is 5.08. The smallest absolute Gasteiger partial charge is 0.347 e. The first-order valence-corrected chi connectivity index (χ1v) is 9.73. The number of fused-ring (bicyclic) bond motifs is 2. The number of oxime groups is 1. The Morgan fingerprint density at radius 1 is 1.16 bits per heavy atom. The summed E-state index contributed by atoms with van der Waals surface area (Å²) in [5.74, 6) is 0.656. The highest BCUT2D eigenvalue weighted by molar-refractivity contribution is 6.32. The number of carbonyl (C=O) groups excluding carboxylic acids is 1. The Morgan fingerprint density at radius 2 is 1.97 bits per heavy atom. The standard InChI is InChI=1S/C22H18ClNO7/c1-12-5-19-16(8-17(12)23)15(7-21(25)31-19)9-27-22(26)10-30-24-13(2)14-3-4-18-20(6-14)29-11-28-18/h3-8H,9-11H2,1-2H3/b24-13+. The van der Waals surface area contributed by atoms with Crippen LogP contribution < -0.4 is 15.1 Å². The molecule has 0 radical (unpaired) electrons. The van der Waals surface area contributed by atoms with Crippen molar-refractivity contribution in [2.45, 2.75) is 20.5 Å². The molecular weight excluding hydrogens is 426 g/mol. The number of aryl methyl sites for hydroxylation is 1. The lowest BCUT2D eigenvalue weighted by molar-refractivity contribution is -0.150. The largest absolute Gasteiger partial charge is 0.458 e. The Kier molecular flexibility index (Phi) is 5.81. The summed E-state index contributed by atoms with van der Waals surface area (Å²) in [4.78, 5) is 29.0. The van der Waals surface area contributed by atoms with E-state index >= 15 is 0 Å². The Labute approximate surface area is 181 Å². The molecule has 0 unspecified atom stereocenters. The van der Waals surface area contributed by atoms with Gasteiger partial charge in [0, 0.05) is 27.6 Å². The first kappa shape index (κ1) is 20.7. The van der Waals surface area contributed by atoms with Gasteiger partial charge in [-0.15, -0.1) is 0 Å². The van der Waals surface area contributed by atoms with E-state index in [0.717, 1.165) is 11.1 Å². The minimum absolute atomic E-state index is 0.130. The van der Waals surface area contributed by atoms with Crippen LogP contribution in [0.25, 0.3) is 11.0 Å². The van der Waals surface area contributed by atoms with E-state index in [9.17, 15) is 9.59 Å². The second kappa shape index (κ2) is 8.69. The van der Waals surface area contributed by atoms with E-state index in [1.165, 1.54) is 6.07 Å². The molecule has 0 spiro atoms. The SMILES string of the molecule is C/C(=N\OCC(=O)OCc1cc(=O)oc2cc(C)c(Cl)cc12)c1ccc2c(c1)OCO2. The summed E-state index contributed by atoms with van der Waals surface area (Å²) in [6.07, 6.45) is 0. The number of carbonyl (C=O) groups is 1. The van der Waals surface area contributed by atoms with E-state index in [-0.39, 0.29) is 20.0 Å². The van der Waals surface area contributed by atoms with Gasteiger partial charge in [0.05, 0.1) is 5.71 Å². The van der Waals surface area contributed by atoms with Crippen molar-refractivity contribution in [2.24, 2.45) is 5.16 Å². The van der Waals surface area contributed by atoms with Crippen LogP contribution in [0.4, 0.5) is 0 Å². The Hall–Kier alpha value is -3.52. The number of halogens is 1. The summed E-state index contributed by atoms with van der Waals surface area (Å²) >= 11 is 6.16. The molecular formula is C22H18ClNO7. The van der Waals surface area contributed by atoms with Gasteiger partial charge in [-0.2, -0.15) is 0 Å². The molecule has 1 aliphatic heterocycles. The van der Waals surface area contributed by atoms with E-state index in [2.05, 4.69) is 5.16 Å². The molecule has 9 heteroatoms. The molecule has 4 rings (SSSR count). The zero-order valence-electron chi connectivity index (χ0n) is 16.8. The van der Waals surface area contributed by atoms with Gasteiger partial charge < -0.3 is 23.5 Å². The molecule has 160 valence electrons. The molecule has 0 N–H and O–H groups in total. The average molecular weight is 444 g/mol. The van der Waals surface area contributed by atoms with Gasteiger partial charge in [0.25, 0.3) is 0 Å². The number of hydrogen-bond donors (Lipinski definition) is 0. The zero-order chi connectivity index (χ0) is 22.0. The number of benzene rings is 2. The average Bonchev–Trinajstić information content (AvgIpc) is 3.21. The third-order valence-electron chi connectivity index (χ3n) is 4.67. The minimum Gasteiger partial charge on any atom is -0.458 e. The maximum atomic E-state index is 12.0. The topological polar surface area (TPSA) is 96.6 Å². The highest BCUT2D eigenvalue weighted by Crippen LogP contribution is 2.32. The molecule has 0 atom stereocenters. The molecule has 2 aromatic carbocycles. The van der Waals surface area contributed by atoms with E-state index in [4.69, 9.17) is 35.1 Å². The molecule has 0 aliphatic carbocycles. The van der Waals surface area contributed by atoms with Gasteiger partial charge in [0.2, 0.25) is 13.4 Å². The van der Waals surface area contributed by atoms with Crippen molar-refractivity contribution >= 4 is 34.3 Å². The first-order valence-electron chi connectivity index (χ1n) is 9.36. The van der Waals surface area contributed by atoms with Crippen LogP contribution in [0.3, 0.4) is 0 Å². The molecule has 0 fully saturated rings. The lowest BCUT2D eigenvalue weighted by Gasteiger charge is -2.08. The first-order chi connectivity index (χ1) is 14.9. The molecule has 3 aromatic rings. The minimum atomic E-state index is -0.637. The van der Waals surface area contributed by atoms with Crippen molar-refractivity contribution in [1.82, 2.24) is 0 Å². The van der Waals surface area contributed by atoms with Crippen molar-refractivity contribution in [2.75, 3.05) is 13.4 Å². The number of ether oxygens (including phenoxy) is 3. The summed E-state index contributed by atoms with van der Waals surface area (Å²) in [5.41, 5.74) is 2.42. The summed E-state index contributed by atoms with van der Waals surface area (Å²) in [5, 5.41) is 5.05. The van der Waals surface area contributed by atoms with Crippen LogP contribution in [-0.2, 0) is 21.0 Å². The van der Waals surface area contributed by atoms with Gasteiger partial charge in [-0.1, -0.05) is 16.8 Å². The second-order valence-electron chi connectivity index (χ2n) is 6.87. The van der Waals surface area contributed by atoms with Crippen LogP contribution in [0.1, 0.15) is 23.6 Å². The monoisotopic (exact) mass is 443 g/mol. The third kappa shape index (κ3) is 4.64. The zero-order valence-corrected chi connectivity index (χ0v) is 17.5. The highest BCUT2D eigenvalue weighted by Gasteiger charge is 2.15. The van der Waals surface area contributed by atoms with E-state index in [0.29, 0.717) is 38.8 Å². The predicted octanol–water partition coefficient (Wildman–Crippen LogP) is 3.97. The molecule has 8 nitrogen and oxygen atoms in total. The second-order valence-corrected chi connectivity index (χ2v) is 7.27. The fraction of sp³-hybridized carbons (Fsp3) is 0.227. The maximum absolute atomic E-state index is 12.0. The molecule has 1 aromatic heterocycles. The summed E-state index contributed by atoms with van der Waals surface area (Å²) in [6, 6.07) is 9.98. The van der Waals surface area contributed by atoms with Gasteiger partial charge in [-0.25, -0.2) is 9.59 Å². The van der Waals surface area contributed by atoms with Crippen LogP contribution in [-0.4, -0.2) is 25.1 Å². The van der Waals surface area contributed by atoms with Crippen LogP contribution in [0, 0.1) is 6.92 Å². The van der Waals surface area contributed by atoms with Gasteiger partial charge in [-0.05, 0) is 49.7 Å². The lowest BCUT2D eigenvalue weighted by Crippen LogP contribution is -2.12. The number of esters is 1. The van der Waals surface area contributed by atoms with Crippen LogP contribution in [0.15, 0.2) is 50.8 Å². The highest BCUT2D eigenvalue weighted by atomic mass is 35.5. The molecule has 1 aliphatic rings. The van der Waals surface area contributed by atoms with Crippen molar-refractivity contribution in [3.05, 3.63) is 68.5 Å². The molecule has 31 heavy (non-hydrogen) atoms. The quantitative estimate of drug-likeness (QED) is 0.246. The number of rotatable bonds is 6. The lowest BCUT2D eigenvalue weighted by atomic mass is 10.1. The predicted molar refractivity (Wildman–Crippen MR) is 113 cm³/mol. The molecule has 0 saturated heterocycles. The Balaban J connectivity index is 1.37. The van der Waals surface area contributed by atoms with Crippen molar-refractivity contribution < 1.29 is 28.3 Å². The molecule has 2 heterocycles. The number of nitrogens with zero attached hydrogens (tertiary/aromatic N) is 1. The Bertz CT molecular complexity index is 1250. The van der Waals surface area contributed by atoms with E-state index < -0.39 is 11.6 Å².